The fraction of sp³-hybridized carbons (Fsp3) is 0.474. The Bertz CT molecular complexity index is 739. The first kappa shape index (κ1) is 16.3. The lowest BCUT2D eigenvalue weighted by Crippen LogP contribution is -2.44. The SMILES string of the molecule is Cc1noc(C)c1CN1C[C@H]2C[C@@H](C(=O)Nc3ccccc3)[C@@H](C1)O2. The number of hydrogen-bond donors (Lipinski definition) is 1. The van der Waals surface area contributed by atoms with E-state index in [0.29, 0.717) is 0 Å². The van der Waals surface area contributed by atoms with E-state index in [1.807, 2.05) is 44.2 Å². The highest BCUT2D eigenvalue weighted by atomic mass is 16.5. The number of rotatable bonds is 4. The number of carbonyl (C=O) groups excluding carboxylic acids is 1. The summed E-state index contributed by atoms with van der Waals surface area (Å²) in [5.74, 6) is 0.826. The number of aryl methyl sites for hydroxylation is 2. The lowest BCUT2D eigenvalue weighted by Gasteiger charge is -2.32. The zero-order valence-electron chi connectivity index (χ0n) is 14.6. The van der Waals surface area contributed by atoms with Crippen molar-refractivity contribution < 1.29 is 14.1 Å². The summed E-state index contributed by atoms with van der Waals surface area (Å²) in [6, 6.07) is 9.59. The summed E-state index contributed by atoms with van der Waals surface area (Å²) in [5.41, 5.74) is 2.92. The molecule has 1 aromatic carbocycles. The Morgan fingerprint density at radius 1 is 1.28 bits per heavy atom. The van der Waals surface area contributed by atoms with Crippen molar-refractivity contribution in [3.63, 3.8) is 0 Å². The maximum atomic E-state index is 12.7. The Hall–Kier alpha value is -2.18. The predicted octanol–water partition coefficient (Wildman–Crippen LogP) is 2.52. The zero-order valence-corrected chi connectivity index (χ0v) is 14.6. The molecule has 3 heterocycles. The number of carbonyl (C=O) groups is 1. The van der Waals surface area contributed by atoms with Gasteiger partial charge in [0.1, 0.15) is 5.76 Å². The Balaban J connectivity index is 1.41. The number of amides is 1. The number of benzene rings is 1. The minimum Gasteiger partial charge on any atom is -0.371 e. The number of ether oxygens (including phenoxy) is 1. The van der Waals surface area contributed by atoms with Crippen LogP contribution in [-0.4, -0.2) is 41.3 Å². The van der Waals surface area contributed by atoms with E-state index < -0.39 is 0 Å². The van der Waals surface area contributed by atoms with Crippen molar-refractivity contribution in [2.45, 2.75) is 39.0 Å². The Labute approximate surface area is 147 Å². The van der Waals surface area contributed by atoms with Crippen LogP contribution in [0.4, 0.5) is 5.69 Å². The number of likely N-dealkylation sites (tertiary alicyclic amines) is 1. The Morgan fingerprint density at radius 3 is 2.80 bits per heavy atom. The number of nitrogens with zero attached hydrogens (tertiary/aromatic N) is 2. The van der Waals surface area contributed by atoms with Gasteiger partial charge in [0, 0.05) is 30.9 Å². The van der Waals surface area contributed by atoms with Crippen LogP contribution < -0.4 is 5.32 Å². The fourth-order valence-electron chi connectivity index (χ4n) is 3.85. The first-order chi connectivity index (χ1) is 12.1. The number of morpholine rings is 1. The van der Waals surface area contributed by atoms with Crippen LogP contribution >= 0.6 is 0 Å². The maximum Gasteiger partial charge on any atom is 0.230 e. The molecule has 2 aliphatic heterocycles. The lowest BCUT2D eigenvalue weighted by atomic mass is 9.99. The van der Waals surface area contributed by atoms with Crippen LogP contribution in [0.15, 0.2) is 34.9 Å². The molecule has 132 valence electrons. The monoisotopic (exact) mass is 341 g/mol. The minimum atomic E-state index is -0.0973. The van der Waals surface area contributed by atoms with Gasteiger partial charge in [0.25, 0.3) is 0 Å². The first-order valence-corrected chi connectivity index (χ1v) is 8.75. The molecule has 1 N–H and O–H groups in total. The third kappa shape index (κ3) is 3.32. The molecule has 6 heteroatoms. The van der Waals surface area contributed by atoms with Crippen molar-refractivity contribution in [3.05, 3.63) is 47.3 Å². The van der Waals surface area contributed by atoms with Crippen LogP contribution in [0.1, 0.15) is 23.4 Å². The molecule has 2 aliphatic rings. The molecule has 2 bridgehead atoms. The molecule has 2 aromatic rings. The standard InChI is InChI=1S/C19H23N3O3/c1-12-17(13(2)25-21-12)10-22-9-15-8-16(18(11-22)24-15)19(23)20-14-6-4-3-5-7-14/h3-7,15-16,18H,8-11H2,1-2H3,(H,20,23)/t15-,16-,18-/m1/s1. The second-order valence-electron chi connectivity index (χ2n) is 6.99. The van der Waals surface area contributed by atoms with Gasteiger partial charge in [-0.2, -0.15) is 0 Å². The Kier molecular flexibility index (Phi) is 4.31. The predicted molar refractivity (Wildman–Crippen MR) is 93.1 cm³/mol. The molecule has 1 aromatic heterocycles. The third-order valence-electron chi connectivity index (χ3n) is 5.17. The van der Waals surface area contributed by atoms with Gasteiger partial charge in [0.15, 0.2) is 0 Å². The maximum absolute atomic E-state index is 12.7. The first-order valence-electron chi connectivity index (χ1n) is 8.75. The topological polar surface area (TPSA) is 67.6 Å². The summed E-state index contributed by atoms with van der Waals surface area (Å²) in [6.07, 6.45) is 0.843. The summed E-state index contributed by atoms with van der Waals surface area (Å²) in [6.45, 7) is 6.31. The zero-order chi connectivity index (χ0) is 17.4. The van der Waals surface area contributed by atoms with Gasteiger partial charge >= 0.3 is 0 Å². The third-order valence-corrected chi connectivity index (χ3v) is 5.17. The second-order valence-corrected chi connectivity index (χ2v) is 6.99. The number of para-hydroxylation sites is 1. The van der Waals surface area contributed by atoms with E-state index in [4.69, 9.17) is 9.26 Å². The number of aromatic nitrogens is 1. The van der Waals surface area contributed by atoms with Gasteiger partial charge in [-0.05, 0) is 32.4 Å². The second kappa shape index (κ2) is 6.61. The van der Waals surface area contributed by atoms with Gasteiger partial charge < -0.3 is 14.6 Å². The van der Waals surface area contributed by atoms with Crippen LogP contribution in [0, 0.1) is 19.8 Å². The highest BCUT2D eigenvalue weighted by molar-refractivity contribution is 5.93. The van der Waals surface area contributed by atoms with Crippen LogP contribution in [-0.2, 0) is 16.1 Å². The minimum absolute atomic E-state index is 0.0528. The summed E-state index contributed by atoms with van der Waals surface area (Å²) in [5, 5.41) is 7.04. The molecule has 6 nitrogen and oxygen atoms in total. The largest absolute Gasteiger partial charge is 0.371 e. The number of hydrogen-bond acceptors (Lipinski definition) is 5. The number of anilines is 1. The smallest absolute Gasteiger partial charge is 0.230 e. The average molecular weight is 341 g/mol. The van der Waals surface area contributed by atoms with Crippen molar-refractivity contribution >= 4 is 11.6 Å². The van der Waals surface area contributed by atoms with Gasteiger partial charge in [-0.1, -0.05) is 23.4 Å². The molecule has 25 heavy (non-hydrogen) atoms. The molecule has 0 saturated carbocycles. The number of fused-ring (bicyclic) bond motifs is 2. The molecular weight excluding hydrogens is 318 g/mol. The van der Waals surface area contributed by atoms with Crippen molar-refractivity contribution in [3.8, 4) is 0 Å². The van der Waals surface area contributed by atoms with E-state index in [1.54, 1.807) is 0 Å². The van der Waals surface area contributed by atoms with Gasteiger partial charge in [-0.25, -0.2) is 0 Å². The summed E-state index contributed by atoms with van der Waals surface area (Å²) in [4.78, 5) is 15.0. The van der Waals surface area contributed by atoms with Crippen molar-refractivity contribution in [1.29, 1.82) is 0 Å². The molecular formula is C19H23N3O3. The fourth-order valence-corrected chi connectivity index (χ4v) is 3.85. The molecule has 1 amide bonds. The quantitative estimate of drug-likeness (QED) is 0.925. The van der Waals surface area contributed by atoms with E-state index in [9.17, 15) is 4.79 Å². The molecule has 3 atom stereocenters. The molecule has 4 rings (SSSR count). The highest BCUT2D eigenvalue weighted by Crippen LogP contribution is 2.33. The van der Waals surface area contributed by atoms with Crippen LogP contribution in [0.2, 0.25) is 0 Å². The molecule has 0 radical (unpaired) electrons. The van der Waals surface area contributed by atoms with Crippen molar-refractivity contribution in [2.75, 3.05) is 18.4 Å². The van der Waals surface area contributed by atoms with Crippen LogP contribution in [0.5, 0.6) is 0 Å². The molecule has 0 spiro atoms. The van der Waals surface area contributed by atoms with Gasteiger partial charge in [-0.3, -0.25) is 9.69 Å². The van der Waals surface area contributed by atoms with Crippen LogP contribution in [0.3, 0.4) is 0 Å². The summed E-state index contributed by atoms with van der Waals surface area (Å²) in [7, 11) is 0. The van der Waals surface area contributed by atoms with Gasteiger partial charge in [0.05, 0.1) is 23.8 Å². The van der Waals surface area contributed by atoms with E-state index in [0.717, 1.165) is 48.8 Å². The van der Waals surface area contributed by atoms with Gasteiger partial charge in [-0.15, -0.1) is 0 Å². The van der Waals surface area contributed by atoms with Gasteiger partial charge in [0.2, 0.25) is 5.91 Å². The molecule has 2 fully saturated rings. The highest BCUT2D eigenvalue weighted by Gasteiger charge is 2.44. The molecule has 0 aliphatic carbocycles. The van der Waals surface area contributed by atoms with E-state index in [1.165, 1.54) is 0 Å². The summed E-state index contributed by atoms with van der Waals surface area (Å²) < 4.78 is 11.3. The normalized spacial score (nSPS) is 25.9. The van der Waals surface area contributed by atoms with E-state index in [2.05, 4.69) is 15.4 Å². The summed E-state index contributed by atoms with van der Waals surface area (Å²) >= 11 is 0. The molecule has 0 unspecified atom stereocenters. The van der Waals surface area contributed by atoms with E-state index in [-0.39, 0.29) is 24.0 Å². The number of nitrogens with one attached hydrogen (secondary N) is 1. The van der Waals surface area contributed by atoms with Crippen molar-refractivity contribution in [2.24, 2.45) is 5.92 Å². The average Bonchev–Trinajstić information content (AvgIpc) is 3.08. The Morgan fingerprint density at radius 2 is 2.08 bits per heavy atom. The van der Waals surface area contributed by atoms with Crippen LogP contribution in [0.25, 0.3) is 0 Å². The molecule has 2 saturated heterocycles. The van der Waals surface area contributed by atoms with Crippen molar-refractivity contribution in [1.82, 2.24) is 10.1 Å². The lowest BCUT2D eigenvalue weighted by molar-refractivity contribution is -0.123. The van der Waals surface area contributed by atoms with E-state index >= 15 is 0 Å².